The number of nitrogens with zero attached hydrogens (tertiary/aromatic N) is 3. The normalized spacial score (nSPS) is 19.4. The topological polar surface area (TPSA) is 49.8 Å². The highest BCUT2D eigenvalue weighted by Gasteiger charge is 2.21. The van der Waals surface area contributed by atoms with Crippen LogP contribution in [0.25, 0.3) is 0 Å². The molecule has 0 aromatic carbocycles. The van der Waals surface area contributed by atoms with Crippen LogP contribution in [0.3, 0.4) is 0 Å². The second kappa shape index (κ2) is 8.77. The third-order valence-corrected chi connectivity index (χ3v) is 4.77. The minimum absolute atomic E-state index is 0.602. The fourth-order valence-electron chi connectivity index (χ4n) is 2.26. The number of guanidine groups is 1. The molecule has 1 fully saturated rings. The molecular formula is C15H24N4OS. The Morgan fingerprint density at radius 2 is 2.52 bits per heavy atom. The number of hydrogen-bond donors (Lipinski definition) is 1. The van der Waals surface area contributed by atoms with Gasteiger partial charge >= 0.3 is 0 Å². The van der Waals surface area contributed by atoms with Gasteiger partial charge in [-0.05, 0) is 18.6 Å². The number of pyridine rings is 1. The average Bonchev–Trinajstić information content (AvgIpc) is 2.56. The molecule has 1 atom stereocenters. The van der Waals surface area contributed by atoms with E-state index in [2.05, 4.69) is 38.9 Å². The van der Waals surface area contributed by atoms with Gasteiger partial charge in [0.2, 0.25) is 0 Å². The Balaban J connectivity index is 1.73. The molecule has 1 aliphatic rings. The summed E-state index contributed by atoms with van der Waals surface area (Å²) in [6.45, 7) is 5.72. The SMILES string of the molecule is CCC1CN(C(=NC)NCCOc2cccnc2)CCS1. The molecule has 1 aliphatic heterocycles. The van der Waals surface area contributed by atoms with E-state index in [1.807, 2.05) is 19.2 Å². The summed E-state index contributed by atoms with van der Waals surface area (Å²) in [5.74, 6) is 2.95. The second-order valence-corrected chi connectivity index (χ2v) is 6.27. The summed E-state index contributed by atoms with van der Waals surface area (Å²) < 4.78 is 5.63. The molecule has 2 heterocycles. The number of aliphatic imine (C=N–C) groups is 1. The predicted molar refractivity (Wildman–Crippen MR) is 89.2 cm³/mol. The molecule has 116 valence electrons. The van der Waals surface area contributed by atoms with Crippen LogP contribution in [0, 0.1) is 0 Å². The molecular weight excluding hydrogens is 284 g/mol. The first-order valence-corrected chi connectivity index (χ1v) is 8.48. The van der Waals surface area contributed by atoms with Gasteiger partial charge in [-0.2, -0.15) is 11.8 Å². The van der Waals surface area contributed by atoms with E-state index < -0.39 is 0 Å². The van der Waals surface area contributed by atoms with Crippen LogP contribution in [0.2, 0.25) is 0 Å². The van der Waals surface area contributed by atoms with Crippen LogP contribution in [0.15, 0.2) is 29.5 Å². The largest absolute Gasteiger partial charge is 0.490 e. The highest BCUT2D eigenvalue weighted by molar-refractivity contribution is 8.00. The van der Waals surface area contributed by atoms with Gasteiger partial charge in [0, 0.05) is 37.3 Å². The van der Waals surface area contributed by atoms with Crippen LogP contribution < -0.4 is 10.1 Å². The van der Waals surface area contributed by atoms with E-state index in [4.69, 9.17) is 4.74 Å². The molecule has 0 aliphatic carbocycles. The first-order chi connectivity index (χ1) is 10.3. The van der Waals surface area contributed by atoms with E-state index in [9.17, 15) is 0 Å². The van der Waals surface area contributed by atoms with Crippen LogP contribution in [0.5, 0.6) is 5.75 Å². The predicted octanol–water partition coefficient (Wildman–Crippen LogP) is 1.86. The zero-order valence-electron chi connectivity index (χ0n) is 12.8. The molecule has 1 saturated heterocycles. The van der Waals surface area contributed by atoms with Gasteiger partial charge < -0.3 is 15.0 Å². The Hall–Kier alpha value is -1.43. The van der Waals surface area contributed by atoms with E-state index in [0.717, 1.165) is 31.3 Å². The fourth-order valence-corrected chi connectivity index (χ4v) is 3.44. The van der Waals surface area contributed by atoms with Gasteiger partial charge in [0.25, 0.3) is 0 Å². The Morgan fingerprint density at radius 3 is 3.24 bits per heavy atom. The molecule has 0 amide bonds. The van der Waals surface area contributed by atoms with Gasteiger partial charge in [-0.15, -0.1) is 0 Å². The van der Waals surface area contributed by atoms with Crippen molar-refractivity contribution in [3.63, 3.8) is 0 Å². The molecule has 1 aromatic rings. The van der Waals surface area contributed by atoms with Crippen molar-refractivity contribution in [2.45, 2.75) is 18.6 Å². The van der Waals surface area contributed by atoms with Crippen molar-refractivity contribution < 1.29 is 4.74 Å². The molecule has 0 bridgehead atoms. The van der Waals surface area contributed by atoms with E-state index in [0.29, 0.717) is 11.9 Å². The molecule has 21 heavy (non-hydrogen) atoms. The van der Waals surface area contributed by atoms with Gasteiger partial charge in [0.15, 0.2) is 5.96 Å². The van der Waals surface area contributed by atoms with Crippen molar-refractivity contribution in [2.75, 3.05) is 39.0 Å². The van der Waals surface area contributed by atoms with Gasteiger partial charge in [0.05, 0.1) is 12.7 Å². The van der Waals surface area contributed by atoms with Crippen LogP contribution in [-0.4, -0.2) is 60.1 Å². The van der Waals surface area contributed by atoms with Crippen molar-refractivity contribution in [2.24, 2.45) is 4.99 Å². The number of rotatable bonds is 5. The van der Waals surface area contributed by atoms with Crippen molar-refractivity contribution in [3.05, 3.63) is 24.5 Å². The van der Waals surface area contributed by atoms with Crippen molar-refractivity contribution in [3.8, 4) is 5.75 Å². The quantitative estimate of drug-likeness (QED) is 0.511. The van der Waals surface area contributed by atoms with E-state index >= 15 is 0 Å². The Morgan fingerprint density at radius 1 is 1.62 bits per heavy atom. The highest BCUT2D eigenvalue weighted by atomic mass is 32.2. The van der Waals surface area contributed by atoms with Gasteiger partial charge in [0.1, 0.15) is 12.4 Å². The maximum absolute atomic E-state index is 5.63. The number of ether oxygens (including phenoxy) is 1. The molecule has 5 nitrogen and oxygen atoms in total. The summed E-state index contributed by atoms with van der Waals surface area (Å²) in [6, 6.07) is 3.79. The van der Waals surface area contributed by atoms with E-state index in [1.165, 1.54) is 12.2 Å². The third-order valence-electron chi connectivity index (χ3n) is 3.39. The van der Waals surface area contributed by atoms with E-state index in [-0.39, 0.29) is 0 Å². The first kappa shape index (κ1) is 15.9. The molecule has 1 aromatic heterocycles. The lowest BCUT2D eigenvalue weighted by molar-refractivity contribution is 0.316. The average molecular weight is 308 g/mol. The van der Waals surface area contributed by atoms with Crippen molar-refractivity contribution >= 4 is 17.7 Å². The lowest BCUT2D eigenvalue weighted by Gasteiger charge is -2.34. The number of hydrogen-bond acceptors (Lipinski definition) is 4. The monoisotopic (exact) mass is 308 g/mol. The Bertz CT molecular complexity index is 441. The summed E-state index contributed by atoms with van der Waals surface area (Å²) in [7, 11) is 1.84. The molecule has 1 unspecified atom stereocenters. The Kier molecular flexibility index (Phi) is 6.66. The second-order valence-electron chi connectivity index (χ2n) is 4.86. The standard InChI is InChI=1S/C15H24N4OS/c1-3-14-12-19(8-10-21-14)15(16-2)18-7-9-20-13-5-4-6-17-11-13/h4-6,11,14H,3,7-10,12H2,1-2H3,(H,16,18). The van der Waals surface area contributed by atoms with Crippen LogP contribution in [0.4, 0.5) is 0 Å². The number of aromatic nitrogens is 1. The minimum atomic E-state index is 0.602. The van der Waals surface area contributed by atoms with Crippen LogP contribution in [0.1, 0.15) is 13.3 Å². The molecule has 0 radical (unpaired) electrons. The lowest BCUT2D eigenvalue weighted by atomic mass is 10.3. The smallest absolute Gasteiger partial charge is 0.193 e. The van der Waals surface area contributed by atoms with Gasteiger partial charge in [-0.25, -0.2) is 0 Å². The van der Waals surface area contributed by atoms with Crippen molar-refractivity contribution in [1.82, 2.24) is 15.2 Å². The van der Waals surface area contributed by atoms with E-state index in [1.54, 1.807) is 12.4 Å². The van der Waals surface area contributed by atoms with Crippen molar-refractivity contribution in [1.29, 1.82) is 0 Å². The summed E-state index contributed by atoms with van der Waals surface area (Å²) in [4.78, 5) is 10.7. The molecule has 0 spiro atoms. The maximum Gasteiger partial charge on any atom is 0.193 e. The molecule has 1 N–H and O–H groups in total. The number of thioether (sulfide) groups is 1. The third kappa shape index (κ3) is 5.12. The number of nitrogens with one attached hydrogen (secondary N) is 1. The summed E-state index contributed by atoms with van der Waals surface area (Å²) >= 11 is 2.06. The summed E-state index contributed by atoms with van der Waals surface area (Å²) in [6.07, 6.45) is 4.68. The molecule has 2 rings (SSSR count). The minimum Gasteiger partial charge on any atom is -0.490 e. The van der Waals surface area contributed by atoms with Gasteiger partial charge in [-0.1, -0.05) is 6.92 Å². The summed E-state index contributed by atoms with van der Waals surface area (Å²) in [5, 5.41) is 4.09. The zero-order valence-corrected chi connectivity index (χ0v) is 13.6. The fraction of sp³-hybridized carbons (Fsp3) is 0.600. The highest BCUT2D eigenvalue weighted by Crippen LogP contribution is 2.20. The zero-order chi connectivity index (χ0) is 14.9. The lowest BCUT2D eigenvalue weighted by Crippen LogP contribution is -2.48. The first-order valence-electron chi connectivity index (χ1n) is 7.43. The summed E-state index contributed by atoms with van der Waals surface area (Å²) in [5.41, 5.74) is 0. The molecule has 0 saturated carbocycles. The van der Waals surface area contributed by atoms with Gasteiger partial charge in [-0.3, -0.25) is 9.98 Å². The van der Waals surface area contributed by atoms with Crippen LogP contribution in [-0.2, 0) is 0 Å². The molecule has 6 heteroatoms. The van der Waals surface area contributed by atoms with Crippen LogP contribution >= 0.6 is 11.8 Å². The maximum atomic E-state index is 5.63. The Labute approximate surface area is 131 Å².